The summed E-state index contributed by atoms with van der Waals surface area (Å²) in [4.78, 5) is 22.7. The van der Waals surface area contributed by atoms with Crippen LogP contribution in [0.3, 0.4) is 0 Å². The smallest absolute Gasteiger partial charge is 0.275 e. The molecule has 10 nitrogen and oxygen atoms in total. The Hall–Kier alpha value is -3.95. The summed E-state index contributed by atoms with van der Waals surface area (Å²) in [6.45, 7) is 1.17. The molecule has 0 spiro atoms. The number of para-hydroxylation sites is 2. The molecule has 0 aromatic heterocycles. The maximum atomic E-state index is 12.4. The lowest BCUT2D eigenvalue weighted by Gasteiger charge is -2.13. The van der Waals surface area contributed by atoms with Crippen molar-refractivity contribution >= 4 is 23.0 Å². The third kappa shape index (κ3) is 4.81. The van der Waals surface area contributed by atoms with Crippen LogP contribution in [0, 0.1) is 10.1 Å². The lowest BCUT2D eigenvalue weighted by Crippen LogP contribution is -2.18. The molecule has 2 rings (SSSR count). The van der Waals surface area contributed by atoms with Crippen molar-refractivity contribution < 1.29 is 24.3 Å². The zero-order chi connectivity index (χ0) is 20.7. The minimum absolute atomic E-state index is 0.0750. The number of non-ortho nitro benzene ring substituents is 1. The first-order valence-corrected chi connectivity index (χ1v) is 7.93. The van der Waals surface area contributed by atoms with Gasteiger partial charge in [-0.2, -0.15) is 0 Å². The van der Waals surface area contributed by atoms with Crippen molar-refractivity contribution in [3.8, 4) is 11.5 Å². The van der Waals surface area contributed by atoms with Gasteiger partial charge in [-0.3, -0.25) is 14.9 Å². The number of benzene rings is 2. The second-order valence-corrected chi connectivity index (χ2v) is 5.37. The number of azo groups is 1. The molecule has 2 aromatic carbocycles. The van der Waals surface area contributed by atoms with Crippen molar-refractivity contribution in [1.29, 1.82) is 0 Å². The lowest BCUT2D eigenvalue weighted by atomic mass is 10.2. The Bertz CT molecular complexity index is 951. The number of anilines is 1. The van der Waals surface area contributed by atoms with E-state index in [9.17, 15) is 20.0 Å². The lowest BCUT2D eigenvalue weighted by molar-refractivity contribution is -0.384. The highest BCUT2D eigenvalue weighted by Gasteiger charge is 2.14. The van der Waals surface area contributed by atoms with Gasteiger partial charge in [0.05, 0.1) is 30.9 Å². The number of carbonyl (C=O) groups is 1. The molecular weight excluding hydrogens is 368 g/mol. The van der Waals surface area contributed by atoms with Crippen molar-refractivity contribution in [2.45, 2.75) is 6.92 Å². The molecule has 0 heterocycles. The molecule has 1 amide bonds. The van der Waals surface area contributed by atoms with Crippen LogP contribution in [-0.2, 0) is 4.79 Å². The van der Waals surface area contributed by atoms with E-state index in [1.165, 1.54) is 33.3 Å². The number of nitrogens with zero attached hydrogens (tertiary/aromatic N) is 3. The zero-order valence-electron chi connectivity index (χ0n) is 15.3. The summed E-state index contributed by atoms with van der Waals surface area (Å²) < 4.78 is 10.2. The molecular formula is C18H17N4O6-. The second kappa shape index (κ2) is 9.12. The molecule has 1 N–H and O–H groups in total. The van der Waals surface area contributed by atoms with Gasteiger partial charge in [0, 0.05) is 6.07 Å². The van der Waals surface area contributed by atoms with Crippen LogP contribution in [0.25, 0.3) is 0 Å². The van der Waals surface area contributed by atoms with E-state index >= 15 is 0 Å². The highest BCUT2D eigenvalue weighted by atomic mass is 16.6. The Labute approximate surface area is 160 Å². The largest absolute Gasteiger partial charge is 0.874 e. The summed E-state index contributed by atoms with van der Waals surface area (Å²) in [7, 11) is 2.75. The van der Waals surface area contributed by atoms with Crippen LogP contribution >= 0.6 is 0 Å². The van der Waals surface area contributed by atoms with Crippen LogP contribution in [0.5, 0.6) is 11.5 Å². The van der Waals surface area contributed by atoms with Crippen molar-refractivity contribution in [2.75, 3.05) is 19.5 Å². The molecule has 0 fully saturated rings. The van der Waals surface area contributed by atoms with Gasteiger partial charge >= 0.3 is 0 Å². The molecule has 0 aliphatic heterocycles. The molecule has 146 valence electrons. The summed E-state index contributed by atoms with van der Waals surface area (Å²) in [5.41, 5.74) is -0.166. The quantitative estimate of drug-likeness (QED) is 0.256. The molecule has 0 aliphatic carbocycles. The van der Waals surface area contributed by atoms with Crippen molar-refractivity contribution in [3.05, 3.63) is 64.0 Å². The number of carbonyl (C=O) groups excluding carboxylic acids is 1. The summed E-state index contributed by atoms with van der Waals surface area (Å²) in [6.07, 6.45) is 0. The first kappa shape index (κ1) is 20.4. The number of hydrogen-bond acceptors (Lipinski definition) is 8. The average Bonchev–Trinajstić information content (AvgIpc) is 2.68. The van der Waals surface area contributed by atoms with Gasteiger partial charge < -0.3 is 19.9 Å². The molecule has 0 radical (unpaired) electrons. The van der Waals surface area contributed by atoms with E-state index in [1.807, 2.05) is 0 Å². The predicted molar refractivity (Wildman–Crippen MR) is 98.5 cm³/mol. The van der Waals surface area contributed by atoms with Gasteiger partial charge in [0.25, 0.3) is 11.6 Å². The number of rotatable bonds is 7. The van der Waals surface area contributed by atoms with Crippen LogP contribution in [0.1, 0.15) is 6.92 Å². The highest BCUT2D eigenvalue weighted by molar-refractivity contribution is 6.04. The normalized spacial score (nSPS) is 11.7. The van der Waals surface area contributed by atoms with Crippen LogP contribution in [-0.4, -0.2) is 25.1 Å². The van der Waals surface area contributed by atoms with E-state index in [2.05, 4.69) is 15.5 Å². The van der Waals surface area contributed by atoms with Gasteiger partial charge in [0.15, 0.2) is 5.75 Å². The number of amides is 1. The number of allylic oxidation sites excluding steroid dienone is 1. The molecule has 0 unspecified atom stereocenters. The molecule has 0 atom stereocenters. The van der Waals surface area contributed by atoms with Gasteiger partial charge in [0.2, 0.25) is 0 Å². The Kier molecular flexibility index (Phi) is 6.63. The average molecular weight is 385 g/mol. The Morgan fingerprint density at radius 3 is 2.39 bits per heavy atom. The number of methoxy groups -OCH3 is 2. The number of ether oxygens (including phenoxy) is 2. The van der Waals surface area contributed by atoms with Crippen LogP contribution in [0.4, 0.5) is 17.1 Å². The fourth-order valence-electron chi connectivity index (χ4n) is 2.17. The van der Waals surface area contributed by atoms with E-state index in [0.717, 1.165) is 6.07 Å². The molecule has 0 aliphatic rings. The van der Waals surface area contributed by atoms with Crippen LogP contribution in [0.2, 0.25) is 0 Å². The minimum Gasteiger partial charge on any atom is -0.874 e. The maximum absolute atomic E-state index is 12.4. The second-order valence-electron chi connectivity index (χ2n) is 5.37. The first-order chi connectivity index (χ1) is 13.4. The summed E-state index contributed by atoms with van der Waals surface area (Å²) >= 11 is 0. The Balaban J connectivity index is 2.29. The van der Waals surface area contributed by atoms with E-state index in [4.69, 9.17) is 9.47 Å². The van der Waals surface area contributed by atoms with Crippen molar-refractivity contribution in [2.24, 2.45) is 10.2 Å². The van der Waals surface area contributed by atoms with Gasteiger partial charge in [-0.15, -0.1) is 16.0 Å². The zero-order valence-corrected chi connectivity index (χ0v) is 15.3. The molecule has 28 heavy (non-hydrogen) atoms. The van der Waals surface area contributed by atoms with E-state index < -0.39 is 22.3 Å². The minimum atomic E-state index is -0.776. The number of nitro groups is 1. The van der Waals surface area contributed by atoms with Crippen LogP contribution < -0.4 is 19.9 Å². The van der Waals surface area contributed by atoms with E-state index in [1.54, 1.807) is 24.3 Å². The standard InChI is InChI=1S/C18H18N4O6/c1-11(23)17(18(24)19-13-6-4-5-7-15(13)27-2)21-20-14-9-8-12(22(25)26)10-16(14)28-3/h4-10,23H,1-3H3,(H,19,24)/p-1/b17-11-,21-20?. The van der Waals surface area contributed by atoms with Crippen molar-refractivity contribution in [3.63, 3.8) is 0 Å². The van der Waals surface area contributed by atoms with Crippen molar-refractivity contribution in [1.82, 2.24) is 0 Å². The van der Waals surface area contributed by atoms with E-state index in [0.29, 0.717) is 11.4 Å². The first-order valence-electron chi connectivity index (χ1n) is 7.93. The van der Waals surface area contributed by atoms with Gasteiger partial charge in [-0.05, 0) is 18.2 Å². The van der Waals surface area contributed by atoms with Crippen LogP contribution in [0.15, 0.2) is 64.1 Å². The fourth-order valence-corrected chi connectivity index (χ4v) is 2.17. The van der Waals surface area contributed by atoms with Gasteiger partial charge in [-0.1, -0.05) is 19.1 Å². The number of nitro benzene ring substituents is 1. The molecule has 0 saturated heterocycles. The van der Waals surface area contributed by atoms with Gasteiger partial charge in [0.1, 0.15) is 17.1 Å². The maximum Gasteiger partial charge on any atom is 0.275 e. The fraction of sp³-hybridized carbons (Fsp3) is 0.167. The third-order valence-corrected chi connectivity index (χ3v) is 3.54. The topological polar surface area (TPSA) is 138 Å². The predicted octanol–water partition coefficient (Wildman–Crippen LogP) is 2.93. The highest BCUT2D eigenvalue weighted by Crippen LogP contribution is 2.32. The molecule has 2 aromatic rings. The molecule has 0 saturated carbocycles. The van der Waals surface area contributed by atoms with E-state index in [-0.39, 0.29) is 17.1 Å². The van der Waals surface area contributed by atoms with Gasteiger partial charge in [-0.25, -0.2) is 0 Å². The summed E-state index contributed by atoms with van der Waals surface area (Å²) in [5, 5.41) is 32.8. The Morgan fingerprint density at radius 2 is 1.79 bits per heavy atom. The SMILES string of the molecule is COc1cc([N+](=O)[O-])ccc1N=N/C(C(=O)Nc1ccccc1OC)=C(/C)[O-]. The number of hydrogen-bond donors (Lipinski definition) is 1. The summed E-state index contributed by atoms with van der Waals surface area (Å²) in [5.74, 6) is -0.905. The third-order valence-electron chi connectivity index (χ3n) is 3.54. The monoisotopic (exact) mass is 385 g/mol. The summed E-state index contributed by atoms with van der Waals surface area (Å²) in [6, 6.07) is 10.3. The number of nitrogens with one attached hydrogen (secondary N) is 1. The molecule has 0 bridgehead atoms. The Morgan fingerprint density at radius 1 is 1.11 bits per heavy atom. The molecule has 10 heteroatoms.